The number of carbonyl (C=O) groups is 3. The third kappa shape index (κ3) is 2.78. The molecule has 0 saturated carbocycles. The number of anilines is 2. The largest absolute Gasteiger partial charge is 0.466 e. The van der Waals surface area contributed by atoms with E-state index in [2.05, 4.69) is 26.6 Å². The minimum Gasteiger partial charge on any atom is -0.466 e. The molecule has 8 heteroatoms. The van der Waals surface area contributed by atoms with E-state index in [1.807, 2.05) is 6.07 Å². The first-order chi connectivity index (χ1) is 13.0. The number of rotatable bonds is 2. The summed E-state index contributed by atoms with van der Waals surface area (Å²) in [6.07, 6.45) is 0. The number of urea groups is 1. The Morgan fingerprint density at radius 3 is 2.67 bits per heavy atom. The van der Waals surface area contributed by atoms with Gasteiger partial charge in [-0.15, -0.1) is 0 Å². The highest BCUT2D eigenvalue weighted by molar-refractivity contribution is 9.10. The average molecular weight is 428 g/mol. The zero-order valence-electron chi connectivity index (χ0n) is 14.2. The van der Waals surface area contributed by atoms with Crippen molar-refractivity contribution >= 4 is 45.2 Å². The summed E-state index contributed by atoms with van der Waals surface area (Å²) in [5.41, 5.74) is 1.67. The normalized spacial score (nSPS) is 18.3. The predicted octanol–water partition coefficient (Wildman–Crippen LogP) is 3.10. The van der Waals surface area contributed by atoms with Gasteiger partial charge in [-0.2, -0.15) is 0 Å². The molecule has 27 heavy (non-hydrogen) atoms. The first-order valence-corrected chi connectivity index (χ1v) is 8.89. The Kier molecular flexibility index (Phi) is 4.19. The Hall–Kier alpha value is -3.13. The van der Waals surface area contributed by atoms with E-state index in [1.165, 1.54) is 12.0 Å². The van der Waals surface area contributed by atoms with Gasteiger partial charge in [-0.3, -0.25) is 9.69 Å². The van der Waals surface area contributed by atoms with Crippen LogP contribution in [0, 0.1) is 0 Å². The van der Waals surface area contributed by atoms with E-state index in [9.17, 15) is 14.4 Å². The van der Waals surface area contributed by atoms with Gasteiger partial charge < -0.3 is 15.4 Å². The van der Waals surface area contributed by atoms with Crippen LogP contribution in [0.25, 0.3) is 0 Å². The molecule has 0 bridgehead atoms. The van der Waals surface area contributed by atoms with Gasteiger partial charge in [0, 0.05) is 4.47 Å². The molecular formula is C19H14BrN3O4. The topological polar surface area (TPSA) is 87.7 Å². The molecule has 0 fully saturated rings. The van der Waals surface area contributed by atoms with Crippen molar-refractivity contribution < 1.29 is 19.1 Å². The van der Waals surface area contributed by atoms with Gasteiger partial charge in [0.15, 0.2) is 0 Å². The lowest BCUT2D eigenvalue weighted by molar-refractivity contribution is -0.137. The minimum absolute atomic E-state index is 0.0331. The molecule has 0 radical (unpaired) electrons. The molecule has 2 aromatic carbocycles. The molecule has 0 aliphatic carbocycles. The maximum atomic E-state index is 12.9. The number of esters is 1. The fourth-order valence-corrected chi connectivity index (χ4v) is 3.71. The molecule has 0 unspecified atom stereocenters. The van der Waals surface area contributed by atoms with E-state index in [4.69, 9.17) is 4.74 Å². The number of hydrogen-bond donors (Lipinski definition) is 2. The van der Waals surface area contributed by atoms with Crippen molar-refractivity contribution in [1.29, 1.82) is 0 Å². The molecule has 0 saturated heterocycles. The summed E-state index contributed by atoms with van der Waals surface area (Å²) in [4.78, 5) is 39.5. The van der Waals surface area contributed by atoms with E-state index in [-0.39, 0.29) is 11.3 Å². The van der Waals surface area contributed by atoms with Gasteiger partial charge in [0.2, 0.25) is 0 Å². The standard InChI is InChI=1S/C19H14BrN3O4/c1-27-18(25)14-15(10-5-4-6-11(20)9-10)22-19(26)23-13-8-3-2-7-12(13)21-17(24)16(14)23/h2-9,15H,1H3,(H,21,24)(H,22,26)/t15-/m1/s1. The quantitative estimate of drug-likeness (QED) is 0.720. The second kappa shape index (κ2) is 6.55. The van der Waals surface area contributed by atoms with E-state index < -0.39 is 23.9 Å². The number of benzene rings is 2. The first-order valence-electron chi connectivity index (χ1n) is 8.10. The Morgan fingerprint density at radius 2 is 1.93 bits per heavy atom. The number of hydrogen-bond acceptors (Lipinski definition) is 4. The monoisotopic (exact) mass is 427 g/mol. The van der Waals surface area contributed by atoms with Gasteiger partial charge in [-0.25, -0.2) is 9.59 Å². The smallest absolute Gasteiger partial charge is 0.338 e. The van der Waals surface area contributed by atoms with Crippen LogP contribution in [0.5, 0.6) is 0 Å². The highest BCUT2D eigenvalue weighted by Crippen LogP contribution is 2.40. The van der Waals surface area contributed by atoms with Crippen LogP contribution in [0.1, 0.15) is 11.6 Å². The Balaban J connectivity index is 1.97. The number of amides is 3. The van der Waals surface area contributed by atoms with Crippen molar-refractivity contribution in [2.75, 3.05) is 17.3 Å². The molecule has 2 aromatic rings. The minimum atomic E-state index is -0.815. The number of nitrogens with zero attached hydrogens (tertiary/aromatic N) is 1. The van der Waals surface area contributed by atoms with Crippen LogP contribution in [0.15, 0.2) is 64.3 Å². The summed E-state index contributed by atoms with van der Waals surface area (Å²) in [7, 11) is 1.24. The first kappa shape index (κ1) is 17.3. The molecular weight excluding hydrogens is 414 g/mol. The van der Waals surface area contributed by atoms with E-state index in [1.54, 1.807) is 42.5 Å². The van der Waals surface area contributed by atoms with Gasteiger partial charge in [0.05, 0.1) is 30.1 Å². The van der Waals surface area contributed by atoms with Crippen molar-refractivity contribution in [3.8, 4) is 0 Å². The second-order valence-corrected chi connectivity index (χ2v) is 6.91. The maximum absolute atomic E-state index is 12.9. The lowest BCUT2D eigenvalue weighted by Crippen LogP contribution is -2.53. The molecule has 4 rings (SSSR count). The van der Waals surface area contributed by atoms with Crippen LogP contribution in [-0.4, -0.2) is 25.0 Å². The Morgan fingerprint density at radius 1 is 1.15 bits per heavy atom. The Bertz CT molecular complexity index is 1020. The summed E-state index contributed by atoms with van der Waals surface area (Å²) >= 11 is 3.39. The van der Waals surface area contributed by atoms with Gasteiger partial charge >= 0.3 is 12.0 Å². The Labute approximate surface area is 163 Å². The molecule has 1 atom stereocenters. The van der Waals surface area contributed by atoms with Crippen molar-refractivity contribution in [2.24, 2.45) is 0 Å². The molecule has 7 nitrogen and oxygen atoms in total. The maximum Gasteiger partial charge on any atom is 0.338 e. The lowest BCUT2D eigenvalue weighted by Gasteiger charge is -2.38. The molecule has 2 N–H and O–H groups in total. The number of halogens is 1. The molecule has 0 spiro atoms. The fraction of sp³-hybridized carbons (Fsp3) is 0.105. The molecule has 3 amide bonds. The van der Waals surface area contributed by atoms with Gasteiger partial charge in [-0.05, 0) is 29.8 Å². The number of fused-ring (bicyclic) bond motifs is 3. The van der Waals surface area contributed by atoms with Gasteiger partial charge in [0.1, 0.15) is 5.70 Å². The second-order valence-electron chi connectivity index (χ2n) is 6.00. The van der Waals surface area contributed by atoms with Gasteiger partial charge in [0.25, 0.3) is 5.91 Å². The van der Waals surface area contributed by atoms with Crippen LogP contribution < -0.4 is 15.5 Å². The van der Waals surface area contributed by atoms with Gasteiger partial charge in [-0.1, -0.05) is 40.2 Å². The molecule has 2 aliphatic heterocycles. The summed E-state index contributed by atoms with van der Waals surface area (Å²) in [6, 6.07) is 12.7. The number of para-hydroxylation sites is 2. The SMILES string of the molecule is COC(=O)C1=C2C(=O)Nc3ccccc3N2C(=O)N[C@@H]1c1cccc(Br)c1. The zero-order chi connectivity index (χ0) is 19.1. The summed E-state index contributed by atoms with van der Waals surface area (Å²) in [5, 5.41) is 5.55. The molecule has 136 valence electrons. The lowest BCUT2D eigenvalue weighted by atomic mass is 9.93. The number of methoxy groups -OCH3 is 1. The van der Waals surface area contributed by atoms with Crippen molar-refractivity contribution in [1.82, 2.24) is 5.32 Å². The highest BCUT2D eigenvalue weighted by atomic mass is 79.9. The number of carbonyl (C=O) groups excluding carboxylic acids is 3. The highest BCUT2D eigenvalue weighted by Gasteiger charge is 2.44. The number of ether oxygens (including phenoxy) is 1. The van der Waals surface area contributed by atoms with Crippen molar-refractivity contribution in [2.45, 2.75) is 6.04 Å². The van der Waals surface area contributed by atoms with Crippen LogP contribution in [0.3, 0.4) is 0 Å². The van der Waals surface area contributed by atoms with Crippen molar-refractivity contribution in [3.05, 3.63) is 69.8 Å². The third-order valence-corrected chi connectivity index (χ3v) is 4.93. The summed E-state index contributed by atoms with van der Waals surface area (Å²) < 4.78 is 5.71. The molecule has 0 aromatic heterocycles. The van der Waals surface area contributed by atoms with Crippen LogP contribution in [0.2, 0.25) is 0 Å². The van der Waals surface area contributed by atoms with Crippen LogP contribution >= 0.6 is 15.9 Å². The van der Waals surface area contributed by atoms with Crippen LogP contribution in [-0.2, 0) is 14.3 Å². The van der Waals surface area contributed by atoms with E-state index in [0.29, 0.717) is 16.9 Å². The van der Waals surface area contributed by atoms with E-state index in [0.717, 1.165) is 4.47 Å². The fourth-order valence-electron chi connectivity index (χ4n) is 3.29. The summed E-state index contributed by atoms with van der Waals surface area (Å²) in [5.74, 6) is -1.22. The zero-order valence-corrected chi connectivity index (χ0v) is 15.7. The van der Waals surface area contributed by atoms with E-state index >= 15 is 0 Å². The summed E-state index contributed by atoms with van der Waals surface area (Å²) in [6.45, 7) is 0. The molecule has 2 heterocycles. The third-order valence-electron chi connectivity index (χ3n) is 4.43. The van der Waals surface area contributed by atoms with Crippen LogP contribution in [0.4, 0.5) is 16.2 Å². The van der Waals surface area contributed by atoms with Crippen molar-refractivity contribution in [3.63, 3.8) is 0 Å². The molecule has 2 aliphatic rings. The predicted molar refractivity (Wildman–Crippen MR) is 102 cm³/mol. The average Bonchev–Trinajstić information content (AvgIpc) is 2.67. The number of nitrogens with one attached hydrogen (secondary N) is 2.